The van der Waals surface area contributed by atoms with Crippen LogP contribution in [0.5, 0.6) is 0 Å². The second-order valence-electron chi connectivity index (χ2n) is 3.45. The molecule has 0 aromatic heterocycles. The summed E-state index contributed by atoms with van der Waals surface area (Å²) in [6, 6.07) is 0. The van der Waals surface area contributed by atoms with Gasteiger partial charge in [-0.1, -0.05) is 6.92 Å². The van der Waals surface area contributed by atoms with E-state index in [-0.39, 0.29) is 18.4 Å². The molecule has 1 fully saturated rings. The van der Waals surface area contributed by atoms with Crippen molar-refractivity contribution in [2.45, 2.75) is 26.2 Å². The number of hydrogen-bond donors (Lipinski definition) is 1. The summed E-state index contributed by atoms with van der Waals surface area (Å²) >= 11 is 0. The fraction of sp³-hybridized carbons (Fsp3) is 0.889. The van der Waals surface area contributed by atoms with E-state index in [1.807, 2.05) is 11.8 Å². The molecule has 3 nitrogen and oxygen atoms in total. The summed E-state index contributed by atoms with van der Waals surface area (Å²) in [6.45, 7) is 3.82. The number of rotatable bonds is 3. The maximum atomic E-state index is 11.6. The van der Waals surface area contributed by atoms with Crippen LogP contribution in [-0.4, -0.2) is 35.6 Å². The molecule has 1 atom stereocenters. The third-order valence-corrected chi connectivity index (χ3v) is 2.40. The SMILES string of the molecule is CC(CCO)C(=O)N1CCCC1. The minimum Gasteiger partial charge on any atom is -0.396 e. The standard InChI is InChI=1S/C9H17NO2/c1-8(4-7-11)9(12)10-5-2-3-6-10/h8,11H,2-7H2,1H3. The maximum absolute atomic E-state index is 11.6. The molecule has 1 rings (SSSR count). The quantitative estimate of drug-likeness (QED) is 0.676. The number of nitrogens with zero attached hydrogens (tertiary/aromatic N) is 1. The van der Waals surface area contributed by atoms with Gasteiger partial charge in [0.2, 0.25) is 5.91 Å². The Morgan fingerprint density at radius 1 is 1.50 bits per heavy atom. The largest absolute Gasteiger partial charge is 0.396 e. The van der Waals surface area contributed by atoms with Gasteiger partial charge in [-0.25, -0.2) is 0 Å². The minimum absolute atomic E-state index is 0.00639. The van der Waals surface area contributed by atoms with E-state index in [0.29, 0.717) is 6.42 Å². The van der Waals surface area contributed by atoms with E-state index in [0.717, 1.165) is 25.9 Å². The highest BCUT2D eigenvalue weighted by Gasteiger charge is 2.22. The number of hydrogen-bond acceptors (Lipinski definition) is 2. The Kier molecular flexibility index (Phi) is 3.53. The summed E-state index contributed by atoms with van der Waals surface area (Å²) in [4.78, 5) is 13.5. The van der Waals surface area contributed by atoms with E-state index in [4.69, 9.17) is 5.11 Å². The summed E-state index contributed by atoms with van der Waals surface area (Å²) < 4.78 is 0. The first kappa shape index (κ1) is 9.52. The van der Waals surface area contributed by atoms with Crippen LogP contribution in [0.1, 0.15) is 26.2 Å². The zero-order valence-corrected chi connectivity index (χ0v) is 7.62. The van der Waals surface area contributed by atoms with E-state index >= 15 is 0 Å². The Labute approximate surface area is 73.4 Å². The van der Waals surface area contributed by atoms with Crippen LogP contribution >= 0.6 is 0 Å². The molecular formula is C9H17NO2. The second kappa shape index (κ2) is 4.45. The number of aliphatic hydroxyl groups is 1. The van der Waals surface area contributed by atoms with Crippen LogP contribution in [0, 0.1) is 5.92 Å². The van der Waals surface area contributed by atoms with Crippen molar-refractivity contribution in [2.75, 3.05) is 19.7 Å². The molecule has 1 aliphatic heterocycles. The van der Waals surface area contributed by atoms with Gasteiger partial charge in [-0.2, -0.15) is 0 Å². The molecule has 1 unspecified atom stereocenters. The first-order valence-corrected chi connectivity index (χ1v) is 4.65. The van der Waals surface area contributed by atoms with Crippen molar-refractivity contribution in [3.63, 3.8) is 0 Å². The molecule has 0 radical (unpaired) electrons. The van der Waals surface area contributed by atoms with Crippen molar-refractivity contribution in [2.24, 2.45) is 5.92 Å². The Hall–Kier alpha value is -0.570. The Morgan fingerprint density at radius 3 is 2.58 bits per heavy atom. The minimum atomic E-state index is -0.00639. The first-order valence-electron chi connectivity index (χ1n) is 4.65. The molecule has 0 aromatic carbocycles. The lowest BCUT2D eigenvalue weighted by atomic mass is 10.1. The van der Waals surface area contributed by atoms with Gasteiger partial charge in [0.1, 0.15) is 0 Å². The lowest BCUT2D eigenvalue weighted by Crippen LogP contribution is -2.32. The van der Waals surface area contributed by atoms with Crippen LogP contribution in [0.25, 0.3) is 0 Å². The number of carbonyl (C=O) groups excluding carboxylic acids is 1. The van der Waals surface area contributed by atoms with Gasteiger partial charge in [0.25, 0.3) is 0 Å². The van der Waals surface area contributed by atoms with Crippen LogP contribution in [0.2, 0.25) is 0 Å². The third kappa shape index (κ3) is 2.21. The van der Waals surface area contributed by atoms with Gasteiger partial charge in [0.15, 0.2) is 0 Å². The molecule has 12 heavy (non-hydrogen) atoms. The van der Waals surface area contributed by atoms with Crippen LogP contribution in [0.3, 0.4) is 0 Å². The monoisotopic (exact) mass is 171 g/mol. The van der Waals surface area contributed by atoms with Crippen LogP contribution in [0.4, 0.5) is 0 Å². The van der Waals surface area contributed by atoms with Crippen LogP contribution < -0.4 is 0 Å². The molecule has 3 heteroatoms. The van der Waals surface area contributed by atoms with Gasteiger partial charge in [-0.05, 0) is 19.3 Å². The fourth-order valence-electron chi connectivity index (χ4n) is 1.57. The van der Waals surface area contributed by atoms with Crippen molar-refractivity contribution in [1.82, 2.24) is 4.90 Å². The van der Waals surface area contributed by atoms with Crippen molar-refractivity contribution in [3.05, 3.63) is 0 Å². The second-order valence-corrected chi connectivity index (χ2v) is 3.45. The molecule has 1 aliphatic rings. The van der Waals surface area contributed by atoms with E-state index in [2.05, 4.69) is 0 Å². The van der Waals surface area contributed by atoms with E-state index in [1.165, 1.54) is 0 Å². The van der Waals surface area contributed by atoms with Crippen molar-refractivity contribution in [3.8, 4) is 0 Å². The normalized spacial score (nSPS) is 19.7. The number of likely N-dealkylation sites (tertiary alicyclic amines) is 1. The molecular weight excluding hydrogens is 154 g/mol. The third-order valence-electron chi connectivity index (χ3n) is 2.40. The summed E-state index contributed by atoms with van der Waals surface area (Å²) in [5.41, 5.74) is 0. The lowest BCUT2D eigenvalue weighted by Gasteiger charge is -2.19. The highest BCUT2D eigenvalue weighted by molar-refractivity contribution is 5.78. The highest BCUT2D eigenvalue weighted by Crippen LogP contribution is 2.13. The Bertz CT molecular complexity index is 153. The summed E-state index contributed by atoms with van der Waals surface area (Å²) in [6.07, 6.45) is 2.87. The summed E-state index contributed by atoms with van der Waals surface area (Å²) in [7, 11) is 0. The number of aliphatic hydroxyl groups excluding tert-OH is 1. The average Bonchev–Trinajstić information content (AvgIpc) is 2.55. The molecule has 0 aliphatic carbocycles. The van der Waals surface area contributed by atoms with Gasteiger partial charge in [-0.3, -0.25) is 4.79 Å². The average molecular weight is 171 g/mol. The van der Waals surface area contributed by atoms with Crippen molar-refractivity contribution < 1.29 is 9.90 Å². The fourth-order valence-corrected chi connectivity index (χ4v) is 1.57. The lowest BCUT2D eigenvalue weighted by molar-refractivity contribution is -0.134. The number of amides is 1. The van der Waals surface area contributed by atoms with Gasteiger partial charge < -0.3 is 10.0 Å². The van der Waals surface area contributed by atoms with Gasteiger partial charge in [0.05, 0.1) is 0 Å². The number of carbonyl (C=O) groups is 1. The van der Waals surface area contributed by atoms with Crippen LogP contribution in [-0.2, 0) is 4.79 Å². The van der Waals surface area contributed by atoms with Crippen molar-refractivity contribution in [1.29, 1.82) is 0 Å². The maximum Gasteiger partial charge on any atom is 0.225 e. The first-order chi connectivity index (χ1) is 5.75. The van der Waals surface area contributed by atoms with Crippen LogP contribution in [0.15, 0.2) is 0 Å². The summed E-state index contributed by atoms with van der Waals surface area (Å²) in [5, 5.41) is 8.66. The molecule has 1 saturated heterocycles. The Morgan fingerprint density at radius 2 is 2.08 bits per heavy atom. The van der Waals surface area contributed by atoms with Gasteiger partial charge in [0, 0.05) is 25.6 Å². The zero-order valence-electron chi connectivity index (χ0n) is 7.62. The zero-order chi connectivity index (χ0) is 8.97. The molecule has 70 valence electrons. The predicted octanol–water partition coefficient (Wildman–Crippen LogP) is 0.627. The van der Waals surface area contributed by atoms with Gasteiger partial charge in [-0.15, -0.1) is 0 Å². The molecule has 0 bridgehead atoms. The molecule has 1 N–H and O–H groups in total. The smallest absolute Gasteiger partial charge is 0.225 e. The highest BCUT2D eigenvalue weighted by atomic mass is 16.3. The molecule has 1 amide bonds. The molecule has 0 aromatic rings. The Balaban J connectivity index is 2.34. The molecule has 0 spiro atoms. The topological polar surface area (TPSA) is 40.5 Å². The molecule has 0 saturated carbocycles. The predicted molar refractivity (Wildman–Crippen MR) is 46.7 cm³/mol. The summed E-state index contributed by atoms with van der Waals surface area (Å²) in [5.74, 6) is 0.203. The van der Waals surface area contributed by atoms with E-state index in [1.54, 1.807) is 0 Å². The molecule has 1 heterocycles. The van der Waals surface area contributed by atoms with E-state index < -0.39 is 0 Å². The van der Waals surface area contributed by atoms with Gasteiger partial charge >= 0.3 is 0 Å². The van der Waals surface area contributed by atoms with E-state index in [9.17, 15) is 4.79 Å². The van der Waals surface area contributed by atoms with Crippen molar-refractivity contribution >= 4 is 5.91 Å².